The monoisotopic (exact) mass is 416 g/mol. The van der Waals surface area contributed by atoms with Crippen LogP contribution in [0.15, 0.2) is 42.5 Å². The highest BCUT2D eigenvalue weighted by Gasteiger charge is 2.25. The van der Waals surface area contributed by atoms with E-state index in [2.05, 4.69) is 17.1 Å². The number of amides is 1. The van der Waals surface area contributed by atoms with Gasteiger partial charge in [0.1, 0.15) is 17.6 Å². The molecule has 1 aliphatic heterocycles. The summed E-state index contributed by atoms with van der Waals surface area (Å²) in [5.74, 6) is 1.61. The summed E-state index contributed by atoms with van der Waals surface area (Å²) >= 11 is 6.49. The van der Waals surface area contributed by atoms with E-state index in [0.717, 1.165) is 48.7 Å². The Morgan fingerprint density at radius 1 is 1.24 bits per heavy atom. The number of nitrogens with zero attached hydrogens (tertiary/aromatic N) is 1. The van der Waals surface area contributed by atoms with E-state index < -0.39 is 0 Å². The molecule has 1 fully saturated rings. The molecule has 2 aromatic carbocycles. The Morgan fingerprint density at radius 3 is 2.62 bits per heavy atom. The van der Waals surface area contributed by atoms with Gasteiger partial charge in [0.2, 0.25) is 5.91 Å². The van der Waals surface area contributed by atoms with E-state index in [9.17, 15) is 4.79 Å². The van der Waals surface area contributed by atoms with Gasteiger partial charge in [-0.3, -0.25) is 4.79 Å². The fourth-order valence-electron chi connectivity index (χ4n) is 3.51. The van der Waals surface area contributed by atoms with Crippen LogP contribution in [0.4, 0.5) is 5.69 Å². The molecule has 0 aromatic heterocycles. The Kier molecular flexibility index (Phi) is 7.26. The zero-order valence-corrected chi connectivity index (χ0v) is 18.0. The number of rotatable bonds is 8. The van der Waals surface area contributed by atoms with E-state index in [-0.39, 0.29) is 18.1 Å². The first kappa shape index (κ1) is 21.3. The Labute approximate surface area is 177 Å². The highest BCUT2D eigenvalue weighted by atomic mass is 35.5. The Hall–Kier alpha value is -2.40. The Morgan fingerprint density at radius 2 is 1.97 bits per heavy atom. The van der Waals surface area contributed by atoms with Crippen LogP contribution in [0.25, 0.3) is 0 Å². The summed E-state index contributed by atoms with van der Waals surface area (Å²) in [6.07, 6.45) is 2.02. The normalized spacial score (nSPS) is 17.1. The zero-order chi connectivity index (χ0) is 20.8. The van der Waals surface area contributed by atoms with Gasteiger partial charge in [0.15, 0.2) is 0 Å². The molecule has 5 nitrogen and oxygen atoms in total. The quantitative estimate of drug-likeness (QED) is 0.659. The third-order valence-electron chi connectivity index (χ3n) is 4.98. The molecule has 29 heavy (non-hydrogen) atoms. The Bertz CT molecular complexity index is 825. The van der Waals surface area contributed by atoms with Gasteiger partial charge in [-0.15, -0.1) is 0 Å². The number of halogens is 1. The second-order valence-corrected chi connectivity index (χ2v) is 7.83. The third kappa shape index (κ3) is 5.80. The summed E-state index contributed by atoms with van der Waals surface area (Å²) in [5.41, 5.74) is 2.07. The topological polar surface area (TPSA) is 50.8 Å². The van der Waals surface area contributed by atoms with Crippen LogP contribution in [0, 0.1) is 0 Å². The standard InChI is InChI=1S/C23H29ClN2O3/c1-4-13-28-20-9-10-23(22(24)14-20)26-12-11-21(15-26)29-19-7-5-18(6-8-19)16(2)25-17(3)27/h5-10,14,16,21H,4,11-13,15H2,1-3H3,(H,25,27). The predicted octanol–water partition coefficient (Wildman–Crippen LogP) is 4.98. The van der Waals surface area contributed by atoms with Crippen molar-refractivity contribution in [3.63, 3.8) is 0 Å². The van der Waals surface area contributed by atoms with Crippen molar-refractivity contribution >= 4 is 23.2 Å². The number of carbonyl (C=O) groups excluding carboxylic acids is 1. The first-order valence-corrected chi connectivity index (χ1v) is 10.5. The van der Waals surface area contributed by atoms with Gasteiger partial charge in [0.25, 0.3) is 0 Å². The minimum Gasteiger partial charge on any atom is -0.494 e. The number of anilines is 1. The third-order valence-corrected chi connectivity index (χ3v) is 5.28. The summed E-state index contributed by atoms with van der Waals surface area (Å²) in [6.45, 7) is 7.96. The second kappa shape index (κ2) is 9.88. The first-order chi connectivity index (χ1) is 14.0. The largest absolute Gasteiger partial charge is 0.494 e. The maximum absolute atomic E-state index is 11.2. The van der Waals surface area contributed by atoms with Crippen molar-refractivity contribution in [1.29, 1.82) is 0 Å². The molecule has 2 unspecified atom stereocenters. The smallest absolute Gasteiger partial charge is 0.217 e. The first-order valence-electron chi connectivity index (χ1n) is 10.2. The van der Waals surface area contributed by atoms with Crippen LogP contribution in [-0.4, -0.2) is 31.7 Å². The molecule has 156 valence electrons. The van der Waals surface area contributed by atoms with Crippen LogP contribution in [-0.2, 0) is 4.79 Å². The molecule has 1 amide bonds. The molecule has 3 rings (SSSR count). The number of carbonyl (C=O) groups is 1. The van der Waals surface area contributed by atoms with Gasteiger partial charge in [-0.2, -0.15) is 0 Å². The van der Waals surface area contributed by atoms with Gasteiger partial charge in [0, 0.05) is 26.0 Å². The van der Waals surface area contributed by atoms with Crippen molar-refractivity contribution in [2.24, 2.45) is 0 Å². The van der Waals surface area contributed by atoms with E-state index in [1.807, 2.05) is 49.4 Å². The number of hydrogen-bond donors (Lipinski definition) is 1. The van der Waals surface area contributed by atoms with Gasteiger partial charge in [-0.25, -0.2) is 0 Å². The van der Waals surface area contributed by atoms with Gasteiger partial charge in [-0.1, -0.05) is 30.7 Å². The van der Waals surface area contributed by atoms with E-state index in [1.54, 1.807) is 0 Å². The molecule has 2 aromatic rings. The summed E-state index contributed by atoms with van der Waals surface area (Å²) in [5, 5.41) is 3.59. The van der Waals surface area contributed by atoms with Crippen LogP contribution in [0.3, 0.4) is 0 Å². The maximum atomic E-state index is 11.2. The Balaban J connectivity index is 1.56. The fourth-order valence-corrected chi connectivity index (χ4v) is 3.80. The summed E-state index contributed by atoms with van der Waals surface area (Å²) in [6, 6.07) is 13.8. The lowest BCUT2D eigenvalue weighted by Gasteiger charge is -2.21. The lowest BCUT2D eigenvalue weighted by molar-refractivity contribution is -0.119. The number of benzene rings is 2. The van der Waals surface area contributed by atoms with E-state index in [1.165, 1.54) is 6.92 Å². The lowest BCUT2D eigenvalue weighted by atomic mass is 10.1. The van der Waals surface area contributed by atoms with Crippen molar-refractivity contribution < 1.29 is 14.3 Å². The van der Waals surface area contributed by atoms with Gasteiger partial charge >= 0.3 is 0 Å². The SMILES string of the molecule is CCCOc1ccc(N2CCC(Oc3ccc(C(C)NC(C)=O)cc3)C2)c(Cl)c1. The van der Waals surface area contributed by atoms with E-state index >= 15 is 0 Å². The summed E-state index contributed by atoms with van der Waals surface area (Å²) in [7, 11) is 0. The molecule has 0 bridgehead atoms. The molecule has 0 saturated carbocycles. The predicted molar refractivity (Wildman–Crippen MR) is 117 cm³/mol. The molecule has 6 heteroatoms. The molecule has 1 aliphatic rings. The van der Waals surface area contributed by atoms with E-state index in [0.29, 0.717) is 11.6 Å². The number of ether oxygens (including phenoxy) is 2. The summed E-state index contributed by atoms with van der Waals surface area (Å²) < 4.78 is 11.8. The fraction of sp³-hybridized carbons (Fsp3) is 0.435. The molecule has 0 radical (unpaired) electrons. The lowest BCUT2D eigenvalue weighted by Crippen LogP contribution is -2.25. The molecule has 0 aliphatic carbocycles. The van der Waals surface area contributed by atoms with Gasteiger partial charge in [-0.05, 0) is 43.2 Å². The highest BCUT2D eigenvalue weighted by molar-refractivity contribution is 6.33. The molecular formula is C23H29ClN2O3. The van der Waals surface area contributed by atoms with Crippen molar-refractivity contribution in [1.82, 2.24) is 5.32 Å². The number of hydrogen-bond acceptors (Lipinski definition) is 4. The van der Waals surface area contributed by atoms with Crippen molar-refractivity contribution in [3.05, 3.63) is 53.1 Å². The molecule has 2 atom stereocenters. The van der Waals surface area contributed by atoms with Crippen LogP contribution in [0.5, 0.6) is 11.5 Å². The molecule has 0 spiro atoms. The van der Waals surface area contributed by atoms with Crippen LogP contribution >= 0.6 is 11.6 Å². The molecule has 1 saturated heterocycles. The van der Waals surface area contributed by atoms with Crippen LogP contribution in [0.2, 0.25) is 5.02 Å². The second-order valence-electron chi connectivity index (χ2n) is 7.43. The molecule has 1 N–H and O–H groups in total. The summed E-state index contributed by atoms with van der Waals surface area (Å²) in [4.78, 5) is 13.5. The average Bonchev–Trinajstić information content (AvgIpc) is 3.14. The van der Waals surface area contributed by atoms with Crippen LogP contribution in [0.1, 0.15) is 45.2 Å². The van der Waals surface area contributed by atoms with Crippen LogP contribution < -0.4 is 19.7 Å². The zero-order valence-electron chi connectivity index (χ0n) is 17.3. The number of nitrogens with one attached hydrogen (secondary N) is 1. The van der Waals surface area contributed by atoms with Crippen molar-refractivity contribution in [2.75, 3.05) is 24.6 Å². The van der Waals surface area contributed by atoms with Gasteiger partial charge in [0.05, 0.1) is 29.9 Å². The maximum Gasteiger partial charge on any atom is 0.217 e. The highest BCUT2D eigenvalue weighted by Crippen LogP contribution is 2.33. The minimum atomic E-state index is -0.0347. The minimum absolute atomic E-state index is 0.0186. The van der Waals surface area contributed by atoms with Crippen molar-refractivity contribution in [3.8, 4) is 11.5 Å². The molecule has 1 heterocycles. The average molecular weight is 417 g/mol. The molecular weight excluding hydrogens is 388 g/mol. The van der Waals surface area contributed by atoms with Gasteiger partial charge < -0.3 is 19.7 Å². The van der Waals surface area contributed by atoms with E-state index in [4.69, 9.17) is 21.1 Å². The van der Waals surface area contributed by atoms with Crippen molar-refractivity contribution in [2.45, 2.75) is 45.8 Å².